The van der Waals surface area contributed by atoms with Gasteiger partial charge in [0.2, 0.25) is 0 Å². The summed E-state index contributed by atoms with van der Waals surface area (Å²) in [7, 11) is 0. The van der Waals surface area contributed by atoms with Crippen LogP contribution in [0.25, 0.3) is 0 Å². The third-order valence-corrected chi connectivity index (χ3v) is 3.68. The van der Waals surface area contributed by atoms with Gasteiger partial charge in [-0.15, -0.1) is 0 Å². The van der Waals surface area contributed by atoms with Gasteiger partial charge in [-0.05, 0) is 37.7 Å². The van der Waals surface area contributed by atoms with Crippen molar-refractivity contribution in [1.82, 2.24) is 10.2 Å². The highest BCUT2D eigenvalue weighted by molar-refractivity contribution is 7.99. The first-order chi connectivity index (χ1) is 6.83. The van der Waals surface area contributed by atoms with Crippen LogP contribution in [0.4, 0.5) is 0 Å². The second-order valence-electron chi connectivity index (χ2n) is 4.18. The molecule has 1 atom stereocenters. The molecule has 0 amide bonds. The van der Waals surface area contributed by atoms with E-state index in [9.17, 15) is 0 Å². The lowest BCUT2D eigenvalue weighted by atomic mass is 10.1. The van der Waals surface area contributed by atoms with Crippen molar-refractivity contribution < 1.29 is 0 Å². The van der Waals surface area contributed by atoms with Crippen molar-refractivity contribution in [2.24, 2.45) is 5.92 Å². The van der Waals surface area contributed by atoms with Crippen molar-refractivity contribution in [3.8, 4) is 0 Å². The third kappa shape index (κ3) is 5.23. The van der Waals surface area contributed by atoms with Gasteiger partial charge in [-0.1, -0.05) is 13.8 Å². The Hall–Kier alpha value is 0.270. The first kappa shape index (κ1) is 12.3. The van der Waals surface area contributed by atoms with Gasteiger partial charge in [-0.2, -0.15) is 11.8 Å². The molecule has 14 heavy (non-hydrogen) atoms. The second kappa shape index (κ2) is 7.55. The highest BCUT2D eigenvalue weighted by Crippen LogP contribution is 2.11. The summed E-state index contributed by atoms with van der Waals surface area (Å²) in [5.74, 6) is 3.48. The molecule has 84 valence electrons. The zero-order valence-corrected chi connectivity index (χ0v) is 10.4. The molecule has 0 aromatic rings. The highest BCUT2D eigenvalue weighted by Gasteiger charge is 2.11. The monoisotopic (exact) mass is 216 g/mol. The predicted molar refractivity (Wildman–Crippen MR) is 66.1 cm³/mol. The Morgan fingerprint density at radius 3 is 3.00 bits per heavy atom. The SMILES string of the molecule is CCNCC(C)CN1CCCSCC1. The van der Waals surface area contributed by atoms with Crippen molar-refractivity contribution in [3.05, 3.63) is 0 Å². The number of thioether (sulfide) groups is 1. The molecule has 0 bridgehead atoms. The lowest BCUT2D eigenvalue weighted by Gasteiger charge is -2.23. The van der Waals surface area contributed by atoms with Crippen LogP contribution < -0.4 is 5.32 Å². The van der Waals surface area contributed by atoms with Crippen LogP contribution in [-0.4, -0.2) is 49.1 Å². The normalized spacial score (nSPS) is 21.9. The number of nitrogens with one attached hydrogen (secondary N) is 1. The van der Waals surface area contributed by atoms with Crippen LogP contribution in [0, 0.1) is 5.92 Å². The van der Waals surface area contributed by atoms with Gasteiger partial charge in [-0.3, -0.25) is 0 Å². The molecule has 1 saturated heterocycles. The van der Waals surface area contributed by atoms with Gasteiger partial charge in [0.1, 0.15) is 0 Å². The van der Waals surface area contributed by atoms with Crippen LogP contribution >= 0.6 is 11.8 Å². The molecule has 1 N–H and O–H groups in total. The first-order valence-corrected chi connectivity index (χ1v) is 6.99. The van der Waals surface area contributed by atoms with E-state index in [-0.39, 0.29) is 0 Å². The quantitative estimate of drug-likeness (QED) is 0.752. The zero-order chi connectivity index (χ0) is 10.2. The minimum atomic E-state index is 0.790. The summed E-state index contributed by atoms with van der Waals surface area (Å²) < 4.78 is 0. The fourth-order valence-corrected chi connectivity index (χ4v) is 2.80. The molecule has 2 nitrogen and oxygen atoms in total. The largest absolute Gasteiger partial charge is 0.317 e. The minimum Gasteiger partial charge on any atom is -0.317 e. The van der Waals surface area contributed by atoms with Crippen molar-refractivity contribution in [3.63, 3.8) is 0 Å². The fourth-order valence-electron chi connectivity index (χ4n) is 1.88. The number of hydrogen-bond donors (Lipinski definition) is 1. The Morgan fingerprint density at radius 2 is 2.21 bits per heavy atom. The van der Waals surface area contributed by atoms with Gasteiger partial charge < -0.3 is 10.2 Å². The first-order valence-electron chi connectivity index (χ1n) is 5.83. The highest BCUT2D eigenvalue weighted by atomic mass is 32.2. The molecule has 1 aliphatic rings. The summed E-state index contributed by atoms with van der Waals surface area (Å²) in [4.78, 5) is 2.63. The molecule has 0 aromatic carbocycles. The van der Waals surface area contributed by atoms with E-state index in [1.165, 1.54) is 44.1 Å². The predicted octanol–water partition coefficient (Wildman–Crippen LogP) is 1.67. The van der Waals surface area contributed by atoms with Crippen molar-refractivity contribution in [2.75, 3.05) is 44.2 Å². The molecule has 0 radical (unpaired) electrons. The summed E-state index contributed by atoms with van der Waals surface area (Å²) in [6.45, 7) is 10.7. The summed E-state index contributed by atoms with van der Waals surface area (Å²) in [5.41, 5.74) is 0. The molecule has 1 fully saturated rings. The van der Waals surface area contributed by atoms with E-state index in [1.807, 2.05) is 0 Å². The Labute approximate surface area is 92.8 Å². The van der Waals surface area contributed by atoms with Crippen molar-refractivity contribution in [1.29, 1.82) is 0 Å². The van der Waals surface area contributed by atoms with Crippen LogP contribution in [0.2, 0.25) is 0 Å². The van der Waals surface area contributed by atoms with Gasteiger partial charge in [0.05, 0.1) is 0 Å². The van der Waals surface area contributed by atoms with Crippen LogP contribution in [0.5, 0.6) is 0 Å². The van der Waals surface area contributed by atoms with E-state index >= 15 is 0 Å². The van der Waals surface area contributed by atoms with E-state index in [0.29, 0.717) is 0 Å². The van der Waals surface area contributed by atoms with E-state index in [1.54, 1.807) is 0 Å². The minimum absolute atomic E-state index is 0.790. The van der Waals surface area contributed by atoms with Crippen LogP contribution in [0.3, 0.4) is 0 Å². The average Bonchev–Trinajstić information content (AvgIpc) is 2.43. The molecule has 1 unspecified atom stereocenters. The maximum absolute atomic E-state index is 3.42. The summed E-state index contributed by atoms with van der Waals surface area (Å²) >= 11 is 2.11. The van der Waals surface area contributed by atoms with Gasteiger partial charge in [0.25, 0.3) is 0 Å². The van der Waals surface area contributed by atoms with E-state index in [2.05, 4.69) is 35.8 Å². The Morgan fingerprint density at radius 1 is 1.36 bits per heavy atom. The number of hydrogen-bond acceptors (Lipinski definition) is 3. The van der Waals surface area contributed by atoms with E-state index in [4.69, 9.17) is 0 Å². The van der Waals surface area contributed by atoms with Gasteiger partial charge in [0.15, 0.2) is 0 Å². The Kier molecular flexibility index (Phi) is 6.65. The molecular formula is C11H24N2S. The van der Waals surface area contributed by atoms with Crippen molar-refractivity contribution in [2.45, 2.75) is 20.3 Å². The summed E-state index contributed by atoms with van der Waals surface area (Å²) in [5, 5.41) is 3.42. The Balaban J connectivity index is 2.13. The molecule has 1 aliphatic heterocycles. The molecule has 0 saturated carbocycles. The molecular weight excluding hydrogens is 192 g/mol. The maximum atomic E-state index is 3.42. The van der Waals surface area contributed by atoms with Gasteiger partial charge in [0, 0.05) is 18.8 Å². The molecule has 1 heterocycles. The fraction of sp³-hybridized carbons (Fsp3) is 1.00. The average molecular weight is 216 g/mol. The van der Waals surface area contributed by atoms with E-state index in [0.717, 1.165) is 12.5 Å². The Bertz CT molecular complexity index is 133. The molecule has 1 rings (SSSR count). The molecule has 0 aliphatic carbocycles. The van der Waals surface area contributed by atoms with Gasteiger partial charge in [-0.25, -0.2) is 0 Å². The van der Waals surface area contributed by atoms with Crippen LogP contribution in [0.15, 0.2) is 0 Å². The third-order valence-electron chi connectivity index (χ3n) is 2.63. The summed E-state index contributed by atoms with van der Waals surface area (Å²) in [6.07, 6.45) is 1.37. The maximum Gasteiger partial charge on any atom is 0.00725 e. The second-order valence-corrected chi connectivity index (χ2v) is 5.40. The topological polar surface area (TPSA) is 15.3 Å². The smallest absolute Gasteiger partial charge is 0.00725 e. The molecule has 3 heteroatoms. The summed E-state index contributed by atoms with van der Waals surface area (Å²) in [6, 6.07) is 0. The van der Waals surface area contributed by atoms with Gasteiger partial charge >= 0.3 is 0 Å². The van der Waals surface area contributed by atoms with Crippen molar-refractivity contribution >= 4 is 11.8 Å². The number of rotatable bonds is 5. The standard InChI is InChI=1S/C11H24N2S/c1-3-12-9-11(2)10-13-5-4-7-14-8-6-13/h11-12H,3-10H2,1-2H3. The lowest BCUT2D eigenvalue weighted by molar-refractivity contribution is 0.251. The number of nitrogens with zero attached hydrogens (tertiary/aromatic N) is 1. The molecule has 0 spiro atoms. The van der Waals surface area contributed by atoms with Crippen LogP contribution in [-0.2, 0) is 0 Å². The lowest BCUT2D eigenvalue weighted by Crippen LogP contribution is -2.34. The van der Waals surface area contributed by atoms with E-state index < -0.39 is 0 Å². The zero-order valence-electron chi connectivity index (χ0n) is 9.59. The van der Waals surface area contributed by atoms with Crippen LogP contribution in [0.1, 0.15) is 20.3 Å². The molecule has 0 aromatic heterocycles.